The molecule has 0 bridgehead atoms. The summed E-state index contributed by atoms with van der Waals surface area (Å²) < 4.78 is 6.28. The van der Waals surface area contributed by atoms with Gasteiger partial charge in [0.05, 0.1) is 30.0 Å². The van der Waals surface area contributed by atoms with Crippen LogP contribution in [0.4, 0.5) is 0 Å². The molecule has 0 spiro atoms. The Morgan fingerprint density at radius 1 is 1.61 bits per heavy atom. The molecule has 0 radical (unpaired) electrons. The average molecular weight is 242 g/mol. The second-order valence-corrected chi connectivity index (χ2v) is 3.41. The van der Waals surface area contributed by atoms with Crippen LogP contribution in [0.25, 0.3) is 5.82 Å². The highest BCUT2D eigenvalue weighted by molar-refractivity contribution is 5.88. The van der Waals surface area contributed by atoms with Gasteiger partial charge in [0.1, 0.15) is 0 Å². The molecule has 0 saturated carbocycles. The summed E-state index contributed by atoms with van der Waals surface area (Å²) in [5, 5.41) is 12.8. The fraction of sp³-hybridized carbons (Fsp3) is 0.167. The van der Waals surface area contributed by atoms with Gasteiger partial charge >= 0.3 is 5.97 Å². The second-order valence-electron chi connectivity index (χ2n) is 3.41. The Hall–Kier alpha value is -2.68. The molecule has 90 valence electrons. The fourth-order valence-electron chi connectivity index (χ4n) is 1.38. The maximum absolute atomic E-state index is 11.5. The molecule has 2 aromatic heterocycles. The molecule has 0 atom stereocenters. The van der Waals surface area contributed by atoms with Gasteiger partial charge in [-0.25, -0.2) is 14.5 Å². The number of nitriles is 1. The fourth-order valence-corrected chi connectivity index (χ4v) is 1.38. The van der Waals surface area contributed by atoms with Crippen LogP contribution in [0.5, 0.6) is 0 Å². The van der Waals surface area contributed by atoms with Gasteiger partial charge in [-0.3, -0.25) is 0 Å². The lowest BCUT2D eigenvalue weighted by Gasteiger charge is -1.99. The number of hydrogen-bond donors (Lipinski definition) is 0. The number of ether oxygens (including phenoxy) is 1. The summed E-state index contributed by atoms with van der Waals surface area (Å²) in [7, 11) is 0. The first-order valence-corrected chi connectivity index (χ1v) is 5.33. The first-order chi connectivity index (χ1) is 8.74. The molecule has 6 heteroatoms. The molecule has 6 nitrogen and oxygen atoms in total. The summed E-state index contributed by atoms with van der Waals surface area (Å²) in [4.78, 5) is 15.5. The number of hydrogen-bond acceptors (Lipinski definition) is 5. The van der Waals surface area contributed by atoms with Gasteiger partial charge in [0.15, 0.2) is 5.82 Å². The SMILES string of the molecule is CCOC(=O)c1cnn(-c2cc(C#N)ccn2)c1. The smallest absolute Gasteiger partial charge is 0.341 e. The molecule has 2 heterocycles. The predicted molar refractivity (Wildman–Crippen MR) is 62.0 cm³/mol. The molecule has 0 aliphatic rings. The lowest BCUT2D eigenvalue weighted by atomic mass is 10.3. The van der Waals surface area contributed by atoms with Gasteiger partial charge in [-0.2, -0.15) is 10.4 Å². The van der Waals surface area contributed by atoms with Crippen molar-refractivity contribution in [3.05, 3.63) is 41.9 Å². The van der Waals surface area contributed by atoms with Crippen molar-refractivity contribution in [2.24, 2.45) is 0 Å². The van der Waals surface area contributed by atoms with Crippen molar-refractivity contribution in [3.63, 3.8) is 0 Å². The van der Waals surface area contributed by atoms with Gasteiger partial charge in [0.25, 0.3) is 0 Å². The average Bonchev–Trinajstić information content (AvgIpc) is 2.89. The van der Waals surface area contributed by atoms with Crippen LogP contribution in [0.3, 0.4) is 0 Å². The molecule has 0 aromatic carbocycles. The van der Waals surface area contributed by atoms with Crippen LogP contribution >= 0.6 is 0 Å². The zero-order valence-corrected chi connectivity index (χ0v) is 9.70. The minimum atomic E-state index is -0.430. The molecule has 0 N–H and O–H groups in total. The highest BCUT2D eigenvalue weighted by Gasteiger charge is 2.10. The van der Waals surface area contributed by atoms with E-state index in [1.807, 2.05) is 6.07 Å². The number of rotatable bonds is 3. The Balaban J connectivity index is 2.29. The number of carbonyl (C=O) groups excluding carboxylic acids is 1. The van der Waals surface area contributed by atoms with E-state index < -0.39 is 5.97 Å². The highest BCUT2D eigenvalue weighted by Crippen LogP contribution is 2.08. The van der Waals surface area contributed by atoms with Crippen molar-refractivity contribution < 1.29 is 9.53 Å². The molecule has 0 saturated heterocycles. The van der Waals surface area contributed by atoms with Gasteiger partial charge < -0.3 is 4.74 Å². The summed E-state index contributed by atoms with van der Waals surface area (Å²) in [5.74, 6) is 0.0461. The lowest BCUT2D eigenvalue weighted by Crippen LogP contribution is -2.03. The van der Waals surface area contributed by atoms with Gasteiger partial charge in [0, 0.05) is 18.5 Å². The van der Waals surface area contributed by atoms with Crippen molar-refractivity contribution in [3.8, 4) is 11.9 Å². The first kappa shape index (κ1) is 11.8. The van der Waals surface area contributed by atoms with Crippen LogP contribution in [0.1, 0.15) is 22.8 Å². The van der Waals surface area contributed by atoms with E-state index in [9.17, 15) is 4.79 Å². The van der Waals surface area contributed by atoms with Gasteiger partial charge in [-0.05, 0) is 13.0 Å². The maximum atomic E-state index is 11.5. The molecule has 0 fully saturated rings. The molecular formula is C12H10N4O2. The van der Waals surface area contributed by atoms with Crippen molar-refractivity contribution >= 4 is 5.97 Å². The number of carbonyl (C=O) groups is 1. The van der Waals surface area contributed by atoms with Crippen LogP contribution in [0.15, 0.2) is 30.7 Å². The molecule has 0 unspecified atom stereocenters. The zero-order chi connectivity index (χ0) is 13.0. The van der Waals surface area contributed by atoms with E-state index in [2.05, 4.69) is 10.1 Å². The summed E-state index contributed by atoms with van der Waals surface area (Å²) in [6, 6.07) is 5.20. The van der Waals surface area contributed by atoms with E-state index in [-0.39, 0.29) is 0 Å². The summed E-state index contributed by atoms with van der Waals surface area (Å²) in [6.07, 6.45) is 4.43. The third-order valence-electron chi connectivity index (χ3n) is 2.20. The summed E-state index contributed by atoms with van der Waals surface area (Å²) in [6.45, 7) is 2.05. The minimum Gasteiger partial charge on any atom is -0.462 e. The van der Waals surface area contributed by atoms with E-state index in [0.717, 1.165) is 0 Å². The third-order valence-corrected chi connectivity index (χ3v) is 2.20. The molecule has 0 amide bonds. The van der Waals surface area contributed by atoms with Gasteiger partial charge in [0.2, 0.25) is 0 Å². The van der Waals surface area contributed by atoms with E-state index in [1.54, 1.807) is 19.1 Å². The molecule has 18 heavy (non-hydrogen) atoms. The Morgan fingerprint density at radius 3 is 3.17 bits per heavy atom. The monoisotopic (exact) mass is 242 g/mol. The Labute approximate surface area is 103 Å². The molecule has 2 aromatic rings. The Morgan fingerprint density at radius 2 is 2.44 bits per heavy atom. The van der Waals surface area contributed by atoms with E-state index >= 15 is 0 Å². The van der Waals surface area contributed by atoms with Crippen LogP contribution in [0, 0.1) is 11.3 Å². The summed E-state index contributed by atoms with van der Waals surface area (Å²) in [5.41, 5.74) is 0.828. The number of esters is 1. The van der Waals surface area contributed by atoms with E-state index in [1.165, 1.54) is 23.3 Å². The molecular weight excluding hydrogens is 232 g/mol. The molecule has 2 rings (SSSR count). The largest absolute Gasteiger partial charge is 0.462 e. The maximum Gasteiger partial charge on any atom is 0.341 e. The number of pyridine rings is 1. The lowest BCUT2D eigenvalue weighted by molar-refractivity contribution is 0.0526. The minimum absolute atomic E-state index is 0.312. The molecule has 0 aliphatic heterocycles. The van der Waals surface area contributed by atoms with Crippen LogP contribution < -0.4 is 0 Å². The number of aromatic nitrogens is 3. The normalized spacial score (nSPS) is 9.78. The molecule has 0 aliphatic carbocycles. The standard InChI is InChI=1S/C12H10N4O2/c1-2-18-12(17)10-7-15-16(8-10)11-5-9(6-13)3-4-14-11/h3-5,7-8H,2H2,1H3. The quantitative estimate of drug-likeness (QED) is 0.758. The third kappa shape index (κ3) is 2.35. The van der Waals surface area contributed by atoms with E-state index in [4.69, 9.17) is 10.00 Å². The van der Waals surface area contributed by atoms with Gasteiger partial charge in [-0.15, -0.1) is 0 Å². The van der Waals surface area contributed by atoms with Gasteiger partial charge in [-0.1, -0.05) is 0 Å². The van der Waals surface area contributed by atoms with Crippen LogP contribution in [-0.2, 0) is 4.74 Å². The topological polar surface area (TPSA) is 80.8 Å². The van der Waals surface area contributed by atoms with Crippen molar-refractivity contribution in [1.82, 2.24) is 14.8 Å². The predicted octanol–water partition coefficient (Wildman–Crippen LogP) is 1.32. The van der Waals surface area contributed by atoms with Crippen molar-refractivity contribution in [1.29, 1.82) is 5.26 Å². The van der Waals surface area contributed by atoms with E-state index in [0.29, 0.717) is 23.6 Å². The Bertz CT molecular complexity index is 613. The highest BCUT2D eigenvalue weighted by atomic mass is 16.5. The number of nitrogens with zero attached hydrogens (tertiary/aromatic N) is 4. The van der Waals surface area contributed by atoms with Crippen LogP contribution in [-0.4, -0.2) is 27.3 Å². The van der Waals surface area contributed by atoms with Crippen molar-refractivity contribution in [2.75, 3.05) is 6.61 Å². The van der Waals surface area contributed by atoms with Crippen molar-refractivity contribution in [2.45, 2.75) is 6.92 Å². The Kier molecular flexibility index (Phi) is 3.34. The first-order valence-electron chi connectivity index (χ1n) is 5.33. The summed E-state index contributed by atoms with van der Waals surface area (Å²) >= 11 is 0. The van der Waals surface area contributed by atoms with Crippen LogP contribution in [0.2, 0.25) is 0 Å². The zero-order valence-electron chi connectivity index (χ0n) is 9.70. The second kappa shape index (κ2) is 5.10.